The minimum absolute atomic E-state index is 0.359. The van der Waals surface area contributed by atoms with Gasteiger partial charge in [-0.3, -0.25) is 0 Å². The van der Waals surface area contributed by atoms with Gasteiger partial charge in [0.05, 0.1) is 6.20 Å². The minimum Gasteiger partial charge on any atom is -0.441 e. The molecular formula is C14H16F2N2O. The lowest BCUT2D eigenvalue weighted by Gasteiger charge is -2.00. The third-order valence-electron chi connectivity index (χ3n) is 2.64. The molecule has 102 valence electrons. The molecule has 3 nitrogen and oxygen atoms in total. The number of halogens is 2. The Bertz CT molecular complexity index is 520. The molecule has 0 radical (unpaired) electrons. The summed E-state index contributed by atoms with van der Waals surface area (Å²) in [6, 6.07) is 3.28. The van der Waals surface area contributed by atoms with Gasteiger partial charge in [-0.1, -0.05) is 6.92 Å². The van der Waals surface area contributed by atoms with E-state index in [-0.39, 0.29) is 0 Å². The van der Waals surface area contributed by atoms with Crippen molar-refractivity contribution in [3.8, 4) is 11.3 Å². The largest absolute Gasteiger partial charge is 0.441 e. The first-order chi connectivity index (χ1) is 9.19. The average molecular weight is 266 g/mol. The number of nitrogens with zero attached hydrogens (tertiary/aromatic N) is 1. The van der Waals surface area contributed by atoms with Crippen LogP contribution in [0.5, 0.6) is 0 Å². The number of oxazole rings is 1. The first-order valence-electron chi connectivity index (χ1n) is 6.31. The van der Waals surface area contributed by atoms with Gasteiger partial charge in [0.1, 0.15) is 11.6 Å². The first-order valence-corrected chi connectivity index (χ1v) is 6.31. The van der Waals surface area contributed by atoms with Crippen LogP contribution in [0.3, 0.4) is 0 Å². The monoisotopic (exact) mass is 266 g/mol. The van der Waals surface area contributed by atoms with Gasteiger partial charge in [0.25, 0.3) is 0 Å². The fourth-order valence-electron chi connectivity index (χ4n) is 1.75. The Kier molecular flexibility index (Phi) is 4.63. The second-order valence-corrected chi connectivity index (χ2v) is 4.28. The van der Waals surface area contributed by atoms with E-state index in [1.165, 1.54) is 18.3 Å². The van der Waals surface area contributed by atoms with Crippen molar-refractivity contribution in [3.05, 3.63) is 41.9 Å². The highest BCUT2D eigenvalue weighted by atomic mass is 19.1. The zero-order valence-corrected chi connectivity index (χ0v) is 10.7. The lowest BCUT2D eigenvalue weighted by atomic mass is 10.2. The van der Waals surface area contributed by atoms with E-state index in [1.54, 1.807) is 0 Å². The summed E-state index contributed by atoms with van der Waals surface area (Å²) in [6.07, 6.45) is 3.21. The number of hydrogen-bond donors (Lipinski definition) is 1. The third kappa shape index (κ3) is 3.86. The van der Waals surface area contributed by atoms with Gasteiger partial charge in [-0.15, -0.1) is 0 Å². The van der Waals surface area contributed by atoms with Crippen molar-refractivity contribution in [1.29, 1.82) is 0 Å². The van der Waals surface area contributed by atoms with Crippen LogP contribution in [0.25, 0.3) is 11.3 Å². The zero-order chi connectivity index (χ0) is 13.7. The Hall–Kier alpha value is -1.75. The van der Waals surface area contributed by atoms with Crippen molar-refractivity contribution in [2.75, 3.05) is 13.1 Å². The molecule has 0 atom stereocenters. The van der Waals surface area contributed by atoms with Crippen molar-refractivity contribution in [2.45, 2.75) is 19.8 Å². The van der Waals surface area contributed by atoms with E-state index in [1.807, 2.05) is 0 Å². The van der Waals surface area contributed by atoms with Gasteiger partial charge in [0.15, 0.2) is 11.7 Å². The predicted octanol–water partition coefficient (Wildman–Crippen LogP) is 3.16. The number of aromatic nitrogens is 1. The molecule has 1 aromatic heterocycles. The van der Waals surface area contributed by atoms with Crippen molar-refractivity contribution < 1.29 is 13.2 Å². The standard InChI is InChI=1S/C14H16F2N2O/c1-2-4-17-5-3-14-18-9-13(19-14)10-6-11(15)8-12(16)7-10/h6-9,17H,2-5H2,1H3. The molecule has 0 unspecified atom stereocenters. The Morgan fingerprint density at radius 1 is 1.16 bits per heavy atom. The molecule has 0 bridgehead atoms. The Morgan fingerprint density at radius 2 is 1.89 bits per heavy atom. The summed E-state index contributed by atoms with van der Waals surface area (Å²) in [5.41, 5.74) is 0.359. The van der Waals surface area contributed by atoms with Crippen LogP contribution < -0.4 is 5.32 Å². The molecule has 1 heterocycles. The van der Waals surface area contributed by atoms with Crippen molar-refractivity contribution in [3.63, 3.8) is 0 Å². The summed E-state index contributed by atoms with van der Waals surface area (Å²) < 4.78 is 31.7. The first kappa shape index (κ1) is 13.7. The van der Waals surface area contributed by atoms with Gasteiger partial charge in [0, 0.05) is 24.6 Å². The van der Waals surface area contributed by atoms with E-state index in [4.69, 9.17) is 4.42 Å². The maximum atomic E-state index is 13.1. The van der Waals surface area contributed by atoms with Crippen LogP contribution in [-0.2, 0) is 6.42 Å². The highest BCUT2D eigenvalue weighted by Gasteiger charge is 2.09. The Balaban J connectivity index is 2.03. The summed E-state index contributed by atoms with van der Waals surface area (Å²) in [4.78, 5) is 4.10. The zero-order valence-electron chi connectivity index (χ0n) is 10.7. The molecule has 0 fully saturated rings. The minimum atomic E-state index is -0.627. The van der Waals surface area contributed by atoms with Gasteiger partial charge in [-0.05, 0) is 25.1 Å². The van der Waals surface area contributed by atoms with Crippen LogP contribution in [-0.4, -0.2) is 18.1 Å². The normalized spacial score (nSPS) is 10.9. The molecule has 2 aromatic rings. The second kappa shape index (κ2) is 6.43. The topological polar surface area (TPSA) is 38.1 Å². The quantitative estimate of drug-likeness (QED) is 0.816. The van der Waals surface area contributed by atoms with Crippen LogP contribution in [0.15, 0.2) is 28.8 Å². The highest BCUT2D eigenvalue weighted by molar-refractivity contribution is 5.56. The van der Waals surface area contributed by atoms with Crippen molar-refractivity contribution >= 4 is 0 Å². The number of rotatable bonds is 6. The second-order valence-electron chi connectivity index (χ2n) is 4.28. The molecule has 0 spiro atoms. The fourth-order valence-corrected chi connectivity index (χ4v) is 1.75. The summed E-state index contributed by atoms with van der Waals surface area (Å²) >= 11 is 0. The van der Waals surface area contributed by atoms with E-state index in [0.717, 1.165) is 25.6 Å². The molecular weight excluding hydrogens is 250 g/mol. The van der Waals surface area contributed by atoms with Crippen LogP contribution >= 0.6 is 0 Å². The van der Waals surface area contributed by atoms with Crippen LogP contribution in [0.2, 0.25) is 0 Å². The summed E-state index contributed by atoms with van der Waals surface area (Å²) in [7, 11) is 0. The molecule has 0 aliphatic carbocycles. The summed E-state index contributed by atoms with van der Waals surface area (Å²) in [5.74, 6) is -0.317. The maximum Gasteiger partial charge on any atom is 0.196 e. The lowest BCUT2D eigenvalue weighted by molar-refractivity contribution is 0.493. The smallest absolute Gasteiger partial charge is 0.196 e. The van der Waals surface area contributed by atoms with Crippen LogP contribution in [0.4, 0.5) is 8.78 Å². The molecule has 0 amide bonds. The lowest BCUT2D eigenvalue weighted by Crippen LogP contribution is -2.17. The number of benzene rings is 1. The molecule has 5 heteroatoms. The molecule has 0 aliphatic rings. The predicted molar refractivity (Wildman–Crippen MR) is 68.7 cm³/mol. The molecule has 1 aromatic carbocycles. The van der Waals surface area contributed by atoms with E-state index >= 15 is 0 Å². The van der Waals surface area contributed by atoms with Gasteiger partial charge >= 0.3 is 0 Å². The van der Waals surface area contributed by atoms with Gasteiger partial charge in [-0.2, -0.15) is 0 Å². The van der Waals surface area contributed by atoms with Crippen molar-refractivity contribution in [1.82, 2.24) is 10.3 Å². The van der Waals surface area contributed by atoms with Crippen LogP contribution in [0.1, 0.15) is 19.2 Å². The van der Waals surface area contributed by atoms with Crippen molar-refractivity contribution in [2.24, 2.45) is 0 Å². The average Bonchev–Trinajstić information content (AvgIpc) is 2.82. The molecule has 1 N–H and O–H groups in total. The highest BCUT2D eigenvalue weighted by Crippen LogP contribution is 2.22. The van der Waals surface area contributed by atoms with Gasteiger partial charge < -0.3 is 9.73 Å². The van der Waals surface area contributed by atoms with E-state index < -0.39 is 11.6 Å². The molecule has 2 rings (SSSR count). The van der Waals surface area contributed by atoms with E-state index in [2.05, 4.69) is 17.2 Å². The SMILES string of the molecule is CCCNCCc1ncc(-c2cc(F)cc(F)c2)o1. The summed E-state index contributed by atoms with van der Waals surface area (Å²) in [6.45, 7) is 3.81. The molecule has 0 aliphatic heterocycles. The van der Waals surface area contributed by atoms with Gasteiger partial charge in [0.2, 0.25) is 0 Å². The van der Waals surface area contributed by atoms with E-state index in [9.17, 15) is 8.78 Å². The number of nitrogens with one attached hydrogen (secondary N) is 1. The van der Waals surface area contributed by atoms with E-state index in [0.29, 0.717) is 23.6 Å². The molecule has 19 heavy (non-hydrogen) atoms. The maximum absolute atomic E-state index is 13.1. The Morgan fingerprint density at radius 3 is 2.58 bits per heavy atom. The third-order valence-corrected chi connectivity index (χ3v) is 2.64. The van der Waals surface area contributed by atoms with Crippen LogP contribution in [0, 0.1) is 11.6 Å². The fraction of sp³-hybridized carbons (Fsp3) is 0.357. The van der Waals surface area contributed by atoms with Gasteiger partial charge in [-0.25, -0.2) is 13.8 Å². The molecule has 0 saturated heterocycles. The summed E-state index contributed by atoms with van der Waals surface area (Å²) in [5, 5.41) is 3.23. The molecule has 0 saturated carbocycles. The number of hydrogen-bond acceptors (Lipinski definition) is 3. The Labute approximate surface area is 110 Å².